The second kappa shape index (κ2) is 5.72. The molecule has 1 nitrogen and oxygen atoms in total. The average molecular weight is 163 g/mol. The summed E-state index contributed by atoms with van der Waals surface area (Å²) in [6.07, 6.45) is 2.70. The van der Waals surface area contributed by atoms with E-state index in [4.69, 9.17) is 11.6 Å². The quantitative estimate of drug-likeness (QED) is 0.449. The van der Waals surface area contributed by atoms with E-state index < -0.39 is 0 Å². The molecule has 0 aromatic rings. The van der Waals surface area contributed by atoms with E-state index in [-0.39, 0.29) is 0 Å². The third kappa shape index (κ3) is 4.80. The summed E-state index contributed by atoms with van der Waals surface area (Å²) in [4.78, 5) is 10.1. The van der Waals surface area contributed by atoms with Crippen molar-refractivity contribution in [1.82, 2.24) is 0 Å². The lowest BCUT2D eigenvalue weighted by Gasteiger charge is -2.11. The first-order valence-corrected chi connectivity index (χ1v) is 4.23. The van der Waals surface area contributed by atoms with E-state index in [9.17, 15) is 4.79 Å². The molecule has 0 aliphatic rings. The monoisotopic (exact) mass is 162 g/mol. The molecule has 2 unspecified atom stereocenters. The Labute approximate surface area is 67.8 Å². The van der Waals surface area contributed by atoms with Gasteiger partial charge in [0.1, 0.15) is 6.29 Å². The van der Waals surface area contributed by atoms with Gasteiger partial charge in [-0.05, 0) is 18.3 Å². The van der Waals surface area contributed by atoms with Gasteiger partial charge in [0.15, 0.2) is 0 Å². The van der Waals surface area contributed by atoms with Crippen molar-refractivity contribution in [1.29, 1.82) is 0 Å². The third-order valence-electron chi connectivity index (χ3n) is 1.57. The fraction of sp³-hybridized carbons (Fsp3) is 0.875. The van der Waals surface area contributed by atoms with Gasteiger partial charge in [-0.3, -0.25) is 0 Å². The topological polar surface area (TPSA) is 17.1 Å². The fourth-order valence-electron chi connectivity index (χ4n) is 1.01. The maximum atomic E-state index is 10.1. The van der Waals surface area contributed by atoms with Gasteiger partial charge in [0, 0.05) is 12.3 Å². The van der Waals surface area contributed by atoms with Crippen molar-refractivity contribution < 1.29 is 4.79 Å². The van der Waals surface area contributed by atoms with E-state index in [2.05, 4.69) is 13.8 Å². The first-order valence-electron chi connectivity index (χ1n) is 3.70. The van der Waals surface area contributed by atoms with Crippen molar-refractivity contribution in [2.45, 2.75) is 26.7 Å². The minimum Gasteiger partial charge on any atom is -0.303 e. The summed E-state index contributed by atoms with van der Waals surface area (Å²) in [5.74, 6) is 1.73. The van der Waals surface area contributed by atoms with Crippen LogP contribution in [0, 0.1) is 11.8 Å². The maximum absolute atomic E-state index is 10.1. The molecule has 0 amide bonds. The first kappa shape index (κ1) is 9.96. The molecule has 0 aromatic carbocycles. The molecule has 60 valence electrons. The van der Waals surface area contributed by atoms with Crippen LogP contribution in [-0.4, -0.2) is 12.2 Å². The van der Waals surface area contributed by atoms with Gasteiger partial charge in [-0.15, -0.1) is 11.6 Å². The molecule has 0 bridgehead atoms. The Bertz CT molecular complexity index is 93.3. The molecular formula is C8H15ClO. The van der Waals surface area contributed by atoms with Gasteiger partial charge < -0.3 is 4.79 Å². The highest BCUT2D eigenvalue weighted by Gasteiger charge is 2.06. The molecule has 0 saturated heterocycles. The Kier molecular flexibility index (Phi) is 5.70. The SMILES string of the molecule is CC(CCl)CC(C)CC=O. The minimum atomic E-state index is 0.492. The maximum Gasteiger partial charge on any atom is 0.120 e. The van der Waals surface area contributed by atoms with Gasteiger partial charge in [0.25, 0.3) is 0 Å². The average Bonchev–Trinajstić information content (AvgIpc) is 1.88. The smallest absolute Gasteiger partial charge is 0.120 e. The van der Waals surface area contributed by atoms with Crippen molar-refractivity contribution in [3.8, 4) is 0 Å². The molecule has 0 rings (SSSR count). The minimum absolute atomic E-state index is 0.492. The highest BCUT2D eigenvalue weighted by Crippen LogP contribution is 2.14. The van der Waals surface area contributed by atoms with Crippen molar-refractivity contribution in [2.24, 2.45) is 11.8 Å². The van der Waals surface area contributed by atoms with E-state index >= 15 is 0 Å². The van der Waals surface area contributed by atoms with Gasteiger partial charge in [-0.2, -0.15) is 0 Å². The predicted octanol–water partition coefficient (Wildman–Crippen LogP) is 2.48. The molecular weight excluding hydrogens is 148 g/mol. The number of hydrogen-bond acceptors (Lipinski definition) is 1. The molecule has 0 spiro atoms. The van der Waals surface area contributed by atoms with Gasteiger partial charge in [0.05, 0.1) is 0 Å². The number of alkyl halides is 1. The summed E-state index contributed by atoms with van der Waals surface area (Å²) < 4.78 is 0. The zero-order valence-electron chi connectivity index (χ0n) is 6.64. The van der Waals surface area contributed by atoms with Gasteiger partial charge in [-0.25, -0.2) is 0 Å². The number of aldehydes is 1. The molecule has 2 atom stereocenters. The summed E-state index contributed by atoms with van der Waals surface area (Å²) in [5.41, 5.74) is 0. The highest BCUT2D eigenvalue weighted by molar-refractivity contribution is 6.18. The normalized spacial score (nSPS) is 16.3. The number of carbonyl (C=O) groups is 1. The highest BCUT2D eigenvalue weighted by atomic mass is 35.5. The van der Waals surface area contributed by atoms with Crippen molar-refractivity contribution >= 4 is 17.9 Å². The van der Waals surface area contributed by atoms with E-state index in [0.29, 0.717) is 24.1 Å². The van der Waals surface area contributed by atoms with Crippen molar-refractivity contribution in [3.05, 3.63) is 0 Å². The molecule has 0 heterocycles. The van der Waals surface area contributed by atoms with Crippen LogP contribution >= 0.6 is 11.6 Å². The Hall–Kier alpha value is -0.0400. The van der Waals surface area contributed by atoms with E-state index in [1.165, 1.54) is 0 Å². The van der Waals surface area contributed by atoms with E-state index in [0.717, 1.165) is 12.7 Å². The Morgan fingerprint density at radius 2 is 2.00 bits per heavy atom. The molecule has 0 saturated carbocycles. The lowest BCUT2D eigenvalue weighted by Crippen LogP contribution is -2.04. The summed E-state index contributed by atoms with van der Waals surface area (Å²) in [7, 11) is 0. The van der Waals surface area contributed by atoms with Crippen LogP contribution in [0.25, 0.3) is 0 Å². The number of hydrogen-bond donors (Lipinski definition) is 0. The van der Waals surface area contributed by atoms with Crippen LogP contribution in [0.15, 0.2) is 0 Å². The standard InChI is InChI=1S/C8H15ClO/c1-7(3-4-10)5-8(2)6-9/h4,7-8H,3,5-6H2,1-2H3. The van der Waals surface area contributed by atoms with Crippen LogP contribution in [0.1, 0.15) is 26.7 Å². The second-order valence-corrected chi connectivity index (χ2v) is 3.31. The lowest BCUT2D eigenvalue weighted by molar-refractivity contribution is -0.108. The van der Waals surface area contributed by atoms with Crippen molar-refractivity contribution in [2.75, 3.05) is 5.88 Å². The Balaban J connectivity index is 3.35. The fourth-order valence-corrected chi connectivity index (χ4v) is 1.14. The third-order valence-corrected chi connectivity index (χ3v) is 2.09. The van der Waals surface area contributed by atoms with Crippen LogP contribution in [0.3, 0.4) is 0 Å². The second-order valence-electron chi connectivity index (χ2n) is 3.00. The predicted molar refractivity (Wildman–Crippen MR) is 44.3 cm³/mol. The lowest BCUT2D eigenvalue weighted by atomic mass is 9.97. The summed E-state index contributed by atoms with van der Waals surface area (Å²) in [6, 6.07) is 0. The Morgan fingerprint density at radius 1 is 1.40 bits per heavy atom. The van der Waals surface area contributed by atoms with Gasteiger partial charge in [-0.1, -0.05) is 13.8 Å². The zero-order valence-corrected chi connectivity index (χ0v) is 7.40. The summed E-state index contributed by atoms with van der Waals surface area (Å²) in [6.45, 7) is 4.19. The molecule has 2 heteroatoms. The number of rotatable bonds is 5. The summed E-state index contributed by atoms with van der Waals surface area (Å²) in [5, 5.41) is 0. The van der Waals surface area contributed by atoms with E-state index in [1.807, 2.05) is 0 Å². The number of carbonyl (C=O) groups excluding carboxylic acids is 1. The van der Waals surface area contributed by atoms with Crippen molar-refractivity contribution in [3.63, 3.8) is 0 Å². The first-order chi connectivity index (χ1) is 4.70. The molecule has 0 N–H and O–H groups in total. The van der Waals surface area contributed by atoms with Crippen LogP contribution in [-0.2, 0) is 4.79 Å². The molecule has 0 radical (unpaired) electrons. The van der Waals surface area contributed by atoms with Gasteiger partial charge >= 0.3 is 0 Å². The Morgan fingerprint density at radius 3 is 2.40 bits per heavy atom. The van der Waals surface area contributed by atoms with Crippen LogP contribution in [0.4, 0.5) is 0 Å². The molecule has 0 fully saturated rings. The number of halogens is 1. The van der Waals surface area contributed by atoms with Crippen LogP contribution < -0.4 is 0 Å². The molecule has 0 aromatic heterocycles. The van der Waals surface area contributed by atoms with E-state index in [1.54, 1.807) is 0 Å². The molecule has 10 heavy (non-hydrogen) atoms. The van der Waals surface area contributed by atoms with Crippen LogP contribution in [0.2, 0.25) is 0 Å². The zero-order chi connectivity index (χ0) is 7.98. The molecule has 0 aliphatic heterocycles. The molecule has 0 aliphatic carbocycles. The van der Waals surface area contributed by atoms with Crippen LogP contribution in [0.5, 0.6) is 0 Å². The van der Waals surface area contributed by atoms with Gasteiger partial charge in [0.2, 0.25) is 0 Å². The summed E-state index contributed by atoms with van der Waals surface area (Å²) >= 11 is 5.61. The largest absolute Gasteiger partial charge is 0.303 e.